The van der Waals surface area contributed by atoms with E-state index in [0.717, 1.165) is 6.42 Å². The smallest absolute Gasteiger partial charge is 0.197 e. The molecule has 1 aliphatic rings. The van der Waals surface area contributed by atoms with Gasteiger partial charge in [-0.3, -0.25) is 0 Å². The Kier molecular flexibility index (Phi) is 3.89. The number of fused-ring (bicyclic) bond motifs is 1. The Bertz CT molecular complexity index is 425. The van der Waals surface area contributed by atoms with Gasteiger partial charge in [0, 0.05) is 10.0 Å². The van der Waals surface area contributed by atoms with Crippen LogP contribution in [0.2, 0.25) is 0 Å². The maximum absolute atomic E-state index is 14.3. The zero-order valence-electron chi connectivity index (χ0n) is 9.63. The number of rotatable bonds is 3. The first-order valence-electron chi connectivity index (χ1n) is 5.62. The molecule has 0 aliphatic carbocycles. The van der Waals surface area contributed by atoms with Gasteiger partial charge < -0.3 is 15.2 Å². The van der Waals surface area contributed by atoms with Gasteiger partial charge in [-0.25, -0.2) is 4.39 Å². The minimum Gasteiger partial charge on any atom is -0.486 e. The van der Waals surface area contributed by atoms with Gasteiger partial charge in [0.05, 0.1) is 0 Å². The molecule has 2 rings (SSSR count). The third kappa shape index (κ3) is 2.40. The highest BCUT2D eigenvalue weighted by atomic mass is 79.9. The Balaban J connectivity index is 2.45. The van der Waals surface area contributed by atoms with Crippen LogP contribution in [0, 0.1) is 5.82 Å². The average molecular weight is 304 g/mol. The van der Waals surface area contributed by atoms with Crippen molar-refractivity contribution in [2.45, 2.75) is 19.3 Å². The van der Waals surface area contributed by atoms with Crippen molar-refractivity contribution in [2.24, 2.45) is 5.73 Å². The van der Waals surface area contributed by atoms with Gasteiger partial charge in [-0.05, 0) is 24.9 Å². The molecule has 0 saturated carbocycles. The van der Waals surface area contributed by atoms with Gasteiger partial charge in [-0.15, -0.1) is 0 Å². The molecule has 0 saturated heterocycles. The Morgan fingerprint density at radius 1 is 1.47 bits per heavy atom. The van der Waals surface area contributed by atoms with E-state index in [0.29, 0.717) is 35.5 Å². The fourth-order valence-electron chi connectivity index (χ4n) is 1.98. The van der Waals surface area contributed by atoms with Crippen molar-refractivity contribution in [2.75, 3.05) is 19.8 Å². The Morgan fingerprint density at radius 2 is 2.18 bits per heavy atom. The lowest BCUT2D eigenvalue weighted by molar-refractivity contribution is 0.163. The van der Waals surface area contributed by atoms with E-state index in [1.54, 1.807) is 6.07 Å². The van der Waals surface area contributed by atoms with Crippen molar-refractivity contribution in [3.63, 3.8) is 0 Å². The van der Waals surface area contributed by atoms with E-state index in [1.807, 2.05) is 6.92 Å². The summed E-state index contributed by atoms with van der Waals surface area (Å²) < 4.78 is 25.7. The molecule has 1 aliphatic heterocycles. The van der Waals surface area contributed by atoms with Crippen molar-refractivity contribution in [1.29, 1.82) is 0 Å². The fraction of sp³-hybridized carbons (Fsp3) is 0.500. The van der Waals surface area contributed by atoms with Crippen molar-refractivity contribution >= 4 is 15.9 Å². The molecule has 94 valence electrons. The van der Waals surface area contributed by atoms with Crippen LogP contribution in [0.25, 0.3) is 0 Å². The SMILES string of the molecule is CC(CCN)c1c(Br)cc2c(c1F)OCCO2. The minimum atomic E-state index is -0.338. The van der Waals surface area contributed by atoms with Gasteiger partial charge in [-0.2, -0.15) is 0 Å². The van der Waals surface area contributed by atoms with E-state index in [-0.39, 0.29) is 17.5 Å². The quantitative estimate of drug-likeness (QED) is 0.934. The van der Waals surface area contributed by atoms with Crippen LogP contribution in [0.15, 0.2) is 10.5 Å². The molecule has 1 atom stereocenters. The third-order valence-electron chi connectivity index (χ3n) is 2.85. The third-order valence-corrected chi connectivity index (χ3v) is 3.51. The monoisotopic (exact) mass is 303 g/mol. The largest absolute Gasteiger partial charge is 0.486 e. The second kappa shape index (κ2) is 5.23. The zero-order chi connectivity index (χ0) is 12.4. The Hall–Kier alpha value is -0.810. The first-order valence-corrected chi connectivity index (χ1v) is 6.42. The zero-order valence-corrected chi connectivity index (χ0v) is 11.2. The minimum absolute atomic E-state index is 0.0465. The molecule has 17 heavy (non-hydrogen) atoms. The lowest BCUT2D eigenvalue weighted by atomic mass is 9.96. The summed E-state index contributed by atoms with van der Waals surface area (Å²) in [6.07, 6.45) is 0.731. The van der Waals surface area contributed by atoms with Crippen LogP contribution in [-0.2, 0) is 0 Å². The summed E-state index contributed by atoms with van der Waals surface area (Å²) >= 11 is 3.38. The van der Waals surface area contributed by atoms with Gasteiger partial charge in [0.1, 0.15) is 13.2 Å². The van der Waals surface area contributed by atoms with Gasteiger partial charge in [-0.1, -0.05) is 22.9 Å². The van der Waals surface area contributed by atoms with Crippen molar-refractivity contribution < 1.29 is 13.9 Å². The number of benzene rings is 1. The molecule has 5 heteroatoms. The summed E-state index contributed by atoms with van der Waals surface area (Å²) in [5.41, 5.74) is 6.12. The maximum atomic E-state index is 14.3. The number of nitrogens with two attached hydrogens (primary N) is 1. The van der Waals surface area contributed by atoms with Crippen LogP contribution in [0.5, 0.6) is 11.5 Å². The Labute approximate surface area is 108 Å². The summed E-state index contributed by atoms with van der Waals surface area (Å²) in [7, 11) is 0. The molecule has 2 N–H and O–H groups in total. The van der Waals surface area contributed by atoms with Crippen LogP contribution in [-0.4, -0.2) is 19.8 Å². The van der Waals surface area contributed by atoms with E-state index in [2.05, 4.69) is 15.9 Å². The summed E-state index contributed by atoms with van der Waals surface area (Å²) in [4.78, 5) is 0. The van der Waals surface area contributed by atoms with Crippen molar-refractivity contribution in [3.8, 4) is 11.5 Å². The predicted octanol–water partition coefficient (Wildman–Crippen LogP) is 2.81. The number of ether oxygens (including phenoxy) is 2. The highest BCUT2D eigenvalue weighted by Gasteiger charge is 2.24. The molecular formula is C12H15BrFNO2. The molecule has 0 spiro atoms. The van der Waals surface area contributed by atoms with Crippen LogP contribution in [0.4, 0.5) is 4.39 Å². The summed E-state index contributed by atoms with van der Waals surface area (Å²) in [5, 5.41) is 0. The molecule has 0 radical (unpaired) electrons. The Morgan fingerprint density at radius 3 is 2.88 bits per heavy atom. The molecule has 3 nitrogen and oxygen atoms in total. The van der Waals surface area contributed by atoms with E-state index in [4.69, 9.17) is 15.2 Å². The van der Waals surface area contributed by atoms with Crippen molar-refractivity contribution in [1.82, 2.24) is 0 Å². The van der Waals surface area contributed by atoms with Crippen LogP contribution in [0.3, 0.4) is 0 Å². The topological polar surface area (TPSA) is 44.5 Å². The molecule has 0 aromatic heterocycles. The van der Waals surface area contributed by atoms with Gasteiger partial charge in [0.25, 0.3) is 0 Å². The van der Waals surface area contributed by atoms with E-state index in [1.165, 1.54) is 0 Å². The molecule has 0 fully saturated rings. The van der Waals surface area contributed by atoms with Crippen LogP contribution < -0.4 is 15.2 Å². The average Bonchev–Trinajstić information content (AvgIpc) is 2.29. The van der Waals surface area contributed by atoms with Gasteiger partial charge in [0.15, 0.2) is 17.3 Å². The summed E-state index contributed by atoms with van der Waals surface area (Å²) in [6, 6.07) is 1.76. The van der Waals surface area contributed by atoms with Gasteiger partial charge >= 0.3 is 0 Å². The first-order chi connectivity index (χ1) is 8.15. The molecule has 1 unspecified atom stereocenters. The maximum Gasteiger partial charge on any atom is 0.197 e. The number of hydrogen-bond donors (Lipinski definition) is 1. The summed E-state index contributed by atoms with van der Waals surface area (Å²) in [5.74, 6) is 0.392. The highest BCUT2D eigenvalue weighted by Crippen LogP contribution is 2.42. The standard InChI is InChI=1S/C12H15BrFNO2/c1-7(2-3-15)10-8(13)6-9-12(11(10)14)17-5-4-16-9/h6-7H,2-5,15H2,1H3. The molecule has 1 aromatic carbocycles. The predicted molar refractivity (Wildman–Crippen MR) is 67.2 cm³/mol. The molecule has 0 amide bonds. The van der Waals surface area contributed by atoms with Crippen molar-refractivity contribution in [3.05, 3.63) is 21.9 Å². The highest BCUT2D eigenvalue weighted by molar-refractivity contribution is 9.10. The summed E-state index contributed by atoms with van der Waals surface area (Å²) in [6.45, 7) is 3.32. The van der Waals surface area contributed by atoms with Crippen LogP contribution in [0.1, 0.15) is 24.8 Å². The van der Waals surface area contributed by atoms with E-state index >= 15 is 0 Å². The molecule has 1 heterocycles. The first kappa shape index (κ1) is 12.6. The lowest BCUT2D eigenvalue weighted by Gasteiger charge is -2.23. The normalized spacial score (nSPS) is 15.8. The van der Waals surface area contributed by atoms with E-state index < -0.39 is 0 Å². The van der Waals surface area contributed by atoms with Gasteiger partial charge in [0.2, 0.25) is 0 Å². The number of halogens is 2. The van der Waals surface area contributed by atoms with Crippen LogP contribution >= 0.6 is 15.9 Å². The number of hydrogen-bond acceptors (Lipinski definition) is 3. The lowest BCUT2D eigenvalue weighted by Crippen LogP contribution is -2.18. The second-order valence-corrected chi connectivity index (χ2v) is 4.94. The second-order valence-electron chi connectivity index (χ2n) is 4.09. The molecular weight excluding hydrogens is 289 g/mol. The fourth-order valence-corrected chi connectivity index (χ4v) is 2.75. The molecule has 0 bridgehead atoms. The van der Waals surface area contributed by atoms with E-state index in [9.17, 15) is 4.39 Å². The molecule has 1 aromatic rings.